The summed E-state index contributed by atoms with van der Waals surface area (Å²) in [5.74, 6) is 0. The summed E-state index contributed by atoms with van der Waals surface area (Å²) in [4.78, 5) is 10.2. The first-order valence-corrected chi connectivity index (χ1v) is 4.21. The average Bonchev–Trinajstić information content (AvgIpc) is 2.08. The molecule has 0 aromatic heterocycles. The van der Waals surface area contributed by atoms with Gasteiger partial charge in [-0.2, -0.15) is 0 Å². The molecule has 3 nitrogen and oxygen atoms in total. The van der Waals surface area contributed by atoms with Crippen LogP contribution in [0.25, 0.3) is 0 Å². The lowest BCUT2D eigenvalue weighted by Gasteiger charge is -2.04. The zero-order valence-corrected chi connectivity index (χ0v) is 7.58. The first kappa shape index (κ1) is 9.58. The minimum Gasteiger partial charge on any atom is -0.465 e. The summed E-state index contributed by atoms with van der Waals surface area (Å²) >= 11 is 0. The second-order valence-electron chi connectivity index (χ2n) is 2.91. The third kappa shape index (κ3) is 3.15. The smallest absolute Gasteiger partial charge is 0.404 e. The van der Waals surface area contributed by atoms with Crippen LogP contribution >= 0.6 is 0 Å². The maximum Gasteiger partial charge on any atom is 0.404 e. The van der Waals surface area contributed by atoms with Crippen molar-refractivity contribution in [3.05, 3.63) is 35.4 Å². The highest BCUT2D eigenvalue weighted by atomic mass is 16.4. The minimum absolute atomic E-state index is 0.472. The van der Waals surface area contributed by atoms with Gasteiger partial charge in [0.2, 0.25) is 0 Å². The van der Waals surface area contributed by atoms with E-state index in [9.17, 15) is 4.79 Å². The molecule has 0 atom stereocenters. The number of aryl methyl sites for hydroxylation is 1. The van der Waals surface area contributed by atoms with Gasteiger partial charge in [-0.25, -0.2) is 4.79 Å². The van der Waals surface area contributed by atoms with E-state index in [4.69, 9.17) is 5.11 Å². The van der Waals surface area contributed by atoms with Crippen molar-refractivity contribution in [3.63, 3.8) is 0 Å². The largest absolute Gasteiger partial charge is 0.465 e. The van der Waals surface area contributed by atoms with Crippen molar-refractivity contribution < 1.29 is 9.90 Å². The molecular weight excluding hydrogens is 166 g/mol. The second-order valence-corrected chi connectivity index (χ2v) is 2.91. The van der Waals surface area contributed by atoms with Crippen LogP contribution in [0.3, 0.4) is 0 Å². The molecule has 2 N–H and O–H groups in total. The molecule has 0 saturated heterocycles. The van der Waals surface area contributed by atoms with Gasteiger partial charge in [0.15, 0.2) is 0 Å². The third-order valence-electron chi connectivity index (χ3n) is 1.93. The fraction of sp³-hybridized carbons (Fsp3) is 0.300. The molecule has 3 heteroatoms. The number of nitrogens with one attached hydrogen (secondary N) is 1. The van der Waals surface area contributed by atoms with Crippen LogP contribution in [0.15, 0.2) is 24.3 Å². The predicted molar refractivity (Wildman–Crippen MR) is 50.9 cm³/mol. The molecule has 0 spiro atoms. The van der Waals surface area contributed by atoms with Crippen molar-refractivity contribution in [2.45, 2.75) is 13.3 Å². The van der Waals surface area contributed by atoms with Gasteiger partial charge in [-0.05, 0) is 24.5 Å². The van der Waals surface area contributed by atoms with Crippen LogP contribution in [0.4, 0.5) is 4.79 Å². The maximum atomic E-state index is 10.2. The molecule has 0 saturated carbocycles. The van der Waals surface area contributed by atoms with Crippen LogP contribution in [0, 0.1) is 6.92 Å². The SMILES string of the molecule is Cc1ccccc1CCNC(=O)O. The number of amides is 1. The highest BCUT2D eigenvalue weighted by Crippen LogP contribution is 2.06. The van der Waals surface area contributed by atoms with E-state index in [0.717, 1.165) is 6.42 Å². The Morgan fingerprint density at radius 2 is 2.15 bits per heavy atom. The van der Waals surface area contributed by atoms with E-state index in [1.807, 2.05) is 31.2 Å². The molecule has 0 radical (unpaired) electrons. The summed E-state index contributed by atoms with van der Waals surface area (Å²) in [5, 5.41) is 10.7. The summed E-state index contributed by atoms with van der Waals surface area (Å²) in [6.07, 6.45) is -0.215. The lowest BCUT2D eigenvalue weighted by atomic mass is 10.1. The number of benzene rings is 1. The van der Waals surface area contributed by atoms with E-state index in [1.165, 1.54) is 11.1 Å². The Morgan fingerprint density at radius 1 is 1.46 bits per heavy atom. The molecule has 13 heavy (non-hydrogen) atoms. The van der Waals surface area contributed by atoms with Crippen LogP contribution in [0.1, 0.15) is 11.1 Å². The highest BCUT2D eigenvalue weighted by molar-refractivity contribution is 5.64. The van der Waals surface area contributed by atoms with Gasteiger partial charge in [0.25, 0.3) is 0 Å². The van der Waals surface area contributed by atoms with Gasteiger partial charge in [-0.15, -0.1) is 0 Å². The number of rotatable bonds is 3. The second kappa shape index (κ2) is 4.50. The van der Waals surface area contributed by atoms with Gasteiger partial charge in [0.1, 0.15) is 0 Å². The van der Waals surface area contributed by atoms with E-state index in [1.54, 1.807) is 0 Å². The molecule has 1 amide bonds. The molecule has 0 aliphatic rings. The van der Waals surface area contributed by atoms with Gasteiger partial charge >= 0.3 is 6.09 Å². The van der Waals surface area contributed by atoms with Gasteiger partial charge in [-0.1, -0.05) is 24.3 Å². The Kier molecular flexibility index (Phi) is 3.31. The Hall–Kier alpha value is -1.51. The lowest BCUT2D eigenvalue weighted by Crippen LogP contribution is -2.23. The Labute approximate surface area is 77.4 Å². The van der Waals surface area contributed by atoms with Gasteiger partial charge in [0, 0.05) is 6.54 Å². The van der Waals surface area contributed by atoms with E-state index < -0.39 is 6.09 Å². The molecule has 0 fully saturated rings. The minimum atomic E-state index is -0.964. The molecule has 1 aromatic rings. The monoisotopic (exact) mass is 179 g/mol. The zero-order chi connectivity index (χ0) is 9.68. The summed E-state index contributed by atoms with van der Waals surface area (Å²) in [5.41, 5.74) is 2.39. The van der Waals surface area contributed by atoms with Crippen LogP contribution in [-0.4, -0.2) is 17.7 Å². The van der Waals surface area contributed by atoms with E-state index >= 15 is 0 Å². The van der Waals surface area contributed by atoms with Crippen molar-refractivity contribution in [1.29, 1.82) is 0 Å². The highest BCUT2D eigenvalue weighted by Gasteiger charge is 1.97. The average molecular weight is 179 g/mol. The van der Waals surface area contributed by atoms with Crippen molar-refractivity contribution in [3.8, 4) is 0 Å². The number of hydrogen-bond donors (Lipinski definition) is 2. The van der Waals surface area contributed by atoms with Crippen molar-refractivity contribution in [2.24, 2.45) is 0 Å². The lowest BCUT2D eigenvalue weighted by molar-refractivity contribution is 0.194. The number of hydrogen-bond acceptors (Lipinski definition) is 1. The van der Waals surface area contributed by atoms with E-state index in [0.29, 0.717) is 6.54 Å². The van der Waals surface area contributed by atoms with Crippen molar-refractivity contribution in [2.75, 3.05) is 6.54 Å². The normalized spacial score (nSPS) is 9.62. The first-order valence-electron chi connectivity index (χ1n) is 4.21. The fourth-order valence-electron chi connectivity index (χ4n) is 1.19. The third-order valence-corrected chi connectivity index (χ3v) is 1.93. The molecule has 0 heterocycles. The molecular formula is C10H13NO2. The molecule has 1 rings (SSSR count). The van der Waals surface area contributed by atoms with E-state index in [-0.39, 0.29) is 0 Å². The first-order chi connectivity index (χ1) is 6.20. The summed E-state index contributed by atoms with van der Waals surface area (Å²) in [6.45, 7) is 2.50. The van der Waals surface area contributed by atoms with Crippen molar-refractivity contribution in [1.82, 2.24) is 5.32 Å². The summed E-state index contributed by atoms with van der Waals surface area (Å²) in [7, 11) is 0. The van der Waals surface area contributed by atoms with Gasteiger partial charge in [0.05, 0.1) is 0 Å². The van der Waals surface area contributed by atoms with Crippen LogP contribution in [0.2, 0.25) is 0 Å². The van der Waals surface area contributed by atoms with Gasteiger partial charge < -0.3 is 10.4 Å². The summed E-state index contributed by atoms with van der Waals surface area (Å²) in [6, 6.07) is 7.97. The Morgan fingerprint density at radius 3 is 2.77 bits per heavy atom. The Balaban J connectivity index is 2.45. The zero-order valence-electron chi connectivity index (χ0n) is 7.58. The topological polar surface area (TPSA) is 49.3 Å². The maximum absolute atomic E-state index is 10.2. The Bertz CT molecular complexity index is 297. The van der Waals surface area contributed by atoms with E-state index in [2.05, 4.69) is 5.32 Å². The van der Waals surface area contributed by atoms with Crippen LogP contribution in [-0.2, 0) is 6.42 Å². The van der Waals surface area contributed by atoms with Crippen LogP contribution < -0.4 is 5.32 Å². The molecule has 0 unspecified atom stereocenters. The predicted octanol–water partition coefficient (Wildman–Crippen LogP) is 1.81. The molecule has 0 bridgehead atoms. The quantitative estimate of drug-likeness (QED) is 0.743. The van der Waals surface area contributed by atoms with Crippen LogP contribution in [0.5, 0.6) is 0 Å². The summed E-state index contributed by atoms with van der Waals surface area (Å²) < 4.78 is 0. The molecule has 0 aliphatic carbocycles. The molecule has 1 aromatic carbocycles. The van der Waals surface area contributed by atoms with Crippen molar-refractivity contribution >= 4 is 6.09 Å². The fourth-order valence-corrected chi connectivity index (χ4v) is 1.19. The standard InChI is InChI=1S/C10H13NO2/c1-8-4-2-3-5-9(8)6-7-11-10(12)13/h2-5,11H,6-7H2,1H3,(H,12,13). The molecule has 0 aliphatic heterocycles. The number of carboxylic acid groups (broad SMARTS) is 1. The number of carbonyl (C=O) groups is 1. The van der Waals surface area contributed by atoms with Gasteiger partial charge in [-0.3, -0.25) is 0 Å². The molecule has 70 valence electrons.